The maximum Gasteiger partial charge on any atom is 0.335 e. The van der Waals surface area contributed by atoms with Gasteiger partial charge in [0.25, 0.3) is 0 Å². The first-order valence-corrected chi connectivity index (χ1v) is 7.52. The molecule has 0 atom stereocenters. The third-order valence-electron chi connectivity index (χ3n) is 5.71. The molecule has 4 saturated carbocycles. The molecule has 4 bridgehead atoms. The summed E-state index contributed by atoms with van der Waals surface area (Å²) < 4.78 is 5.37. The van der Waals surface area contributed by atoms with Gasteiger partial charge in [-0.3, -0.25) is 0 Å². The Morgan fingerprint density at radius 1 is 1.11 bits per heavy atom. The fraction of sp³-hybridized carbons (Fsp3) is 0.688. The van der Waals surface area contributed by atoms with Gasteiger partial charge in [-0.25, -0.2) is 4.79 Å². The van der Waals surface area contributed by atoms with Gasteiger partial charge in [-0.1, -0.05) is 0 Å². The van der Waals surface area contributed by atoms with Gasteiger partial charge in [-0.15, -0.1) is 0 Å². The van der Waals surface area contributed by atoms with E-state index in [1.54, 1.807) is 6.07 Å². The lowest BCUT2D eigenvalue weighted by Crippen LogP contribution is -2.49. The van der Waals surface area contributed by atoms with Crippen LogP contribution in [-0.4, -0.2) is 0 Å². The first-order valence-electron chi connectivity index (χ1n) is 7.52. The van der Waals surface area contributed by atoms with Crippen LogP contribution in [0.2, 0.25) is 0 Å². The zero-order valence-electron chi connectivity index (χ0n) is 11.2. The third kappa shape index (κ3) is 1.71. The maximum absolute atomic E-state index is 11.4. The van der Waals surface area contributed by atoms with Gasteiger partial charge in [0.15, 0.2) is 0 Å². The van der Waals surface area contributed by atoms with E-state index in [4.69, 9.17) is 10.2 Å². The Bertz CT molecular complexity index is 525. The van der Waals surface area contributed by atoms with Crippen molar-refractivity contribution in [2.45, 2.75) is 50.5 Å². The van der Waals surface area contributed by atoms with Gasteiger partial charge >= 0.3 is 5.63 Å². The van der Waals surface area contributed by atoms with Crippen LogP contribution in [0.5, 0.6) is 0 Å². The van der Waals surface area contributed by atoms with Crippen LogP contribution >= 0.6 is 0 Å². The standard InChI is InChI=1S/C16H21NO2/c17-9-14-13(1-2-15(18)19-14)16-6-10-3-11(7-16)5-12(4-10)8-16/h1-2,10-12H,3-9,17H2. The minimum absolute atomic E-state index is 0.265. The van der Waals surface area contributed by atoms with Crippen molar-refractivity contribution < 1.29 is 4.42 Å². The molecule has 19 heavy (non-hydrogen) atoms. The summed E-state index contributed by atoms with van der Waals surface area (Å²) in [5, 5.41) is 0. The number of nitrogens with two attached hydrogens (primary N) is 1. The summed E-state index contributed by atoms with van der Waals surface area (Å²) in [7, 11) is 0. The quantitative estimate of drug-likeness (QED) is 0.888. The van der Waals surface area contributed by atoms with Crippen LogP contribution in [-0.2, 0) is 12.0 Å². The molecular formula is C16H21NO2. The van der Waals surface area contributed by atoms with E-state index in [-0.39, 0.29) is 11.0 Å². The summed E-state index contributed by atoms with van der Waals surface area (Å²) in [5.41, 5.74) is 7.04. The summed E-state index contributed by atoms with van der Waals surface area (Å²) in [5.74, 6) is 3.41. The van der Waals surface area contributed by atoms with Crippen molar-refractivity contribution in [1.29, 1.82) is 0 Å². The molecule has 0 aromatic carbocycles. The zero-order chi connectivity index (χ0) is 13.0. The Morgan fingerprint density at radius 2 is 1.68 bits per heavy atom. The van der Waals surface area contributed by atoms with Crippen LogP contribution in [0.3, 0.4) is 0 Å². The predicted molar refractivity (Wildman–Crippen MR) is 72.7 cm³/mol. The average Bonchev–Trinajstić information content (AvgIpc) is 2.36. The fourth-order valence-electron chi connectivity index (χ4n) is 5.52. The molecule has 3 nitrogen and oxygen atoms in total. The molecule has 1 heterocycles. The smallest absolute Gasteiger partial charge is 0.335 e. The van der Waals surface area contributed by atoms with E-state index >= 15 is 0 Å². The Labute approximate surface area is 113 Å². The van der Waals surface area contributed by atoms with Crippen molar-refractivity contribution in [2.75, 3.05) is 0 Å². The predicted octanol–water partition coefficient (Wildman–Crippen LogP) is 2.57. The molecule has 4 aliphatic rings. The highest BCUT2D eigenvalue weighted by Gasteiger charge is 2.52. The van der Waals surface area contributed by atoms with E-state index in [9.17, 15) is 4.79 Å². The van der Waals surface area contributed by atoms with Crippen LogP contribution in [0.25, 0.3) is 0 Å². The zero-order valence-corrected chi connectivity index (χ0v) is 11.2. The topological polar surface area (TPSA) is 56.2 Å². The van der Waals surface area contributed by atoms with Gasteiger partial charge in [-0.05, 0) is 73.3 Å². The molecule has 1 aromatic rings. The van der Waals surface area contributed by atoms with Crippen LogP contribution in [0, 0.1) is 17.8 Å². The Kier molecular flexibility index (Phi) is 2.44. The molecule has 102 valence electrons. The highest BCUT2D eigenvalue weighted by atomic mass is 16.4. The van der Waals surface area contributed by atoms with Crippen molar-refractivity contribution in [1.82, 2.24) is 0 Å². The Morgan fingerprint density at radius 3 is 2.21 bits per heavy atom. The van der Waals surface area contributed by atoms with Crippen LogP contribution in [0.4, 0.5) is 0 Å². The number of hydrogen-bond donors (Lipinski definition) is 1. The van der Waals surface area contributed by atoms with Gasteiger partial charge in [0, 0.05) is 6.07 Å². The molecule has 0 radical (unpaired) electrons. The van der Waals surface area contributed by atoms with E-state index in [0.29, 0.717) is 6.54 Å². The summed E-state index contributed by atoms with van der Waals surface area (Å²) in [6.07, 6.45) is 8.11. The van der Waals surface area contributed by atoms with Crippen molar-refractivity contribution in [3.63, 3.8) is 0 Å². The molecule has 0 unspecified atom stereocenters. The van der Waals surface area contributed by atoms with E-state index in [2.05, 4.69) is 0 Å². The van der Waals surface area contributed by atoms with Gasteiger partial charge in [0.1, 0.15) is 5.76 Å². The van der Waals surface area contributed by atoms with Gasteiger partial charge < -0.3 is 10.2 Å². The molecule has 3 heteroatoms. The Balaban J connectivity index is 1.81. The second-order valence-electron chi connectivity index (χ2n) is 6.99. The second kappa shape index (κ2) is 3.95. The molecule has 2 N–H and O–H groups in total. The maximum atomic E-state index is 11.4. The third-order valence-corrected chi connectivity index (χ3v) is 5.71. The monoisotopic (exact) mass is 259 g/mol. The lowest BCUT2D eigenvalue weighted by atomic mass is 9.48. The minimum Gasteiger partial charge on any atom is -0.426 e. The van der Waals surface area contributed by atoms with Crippen LogP contribution in [0.15, 0.2) is 21.3 Å². The molecule has 4 aliphatic carbocycles. The van der Waals surface area contributed by atoms with Gasteiger partial charge in [-0.2, -0.15) is 0 Å². The summed E-state index contributed by atoms with van der Waals surface area (Å²) in [4.78, 5) is 11.4. The molecule has 5 rings (SSSR count). The lowest BCUT2D eigenvalue weighted by molar-refractivity contribution is -0.00668. The lowest BCUT2D eigenvalue weighted by Gasteiger charge is -2.57. The number of hydrogen-bond acceptors (Lipinski definition) is 3. The fourth-order valence-corrected chi connectivity index (χ4v) is 5.52. The summed E-state index contributed by atoms with van der Waals surface area (Å²) in [6.45, 7) is 0.340. The highest BCUT2D eigenvalue weighted by Crippen LogP contribution is 2.61. The SMILES string of the molecule is NCc1oc(=O)ccc1C12CC3CC(CC(C3)C1)C2. The summed E-state index contributed by atoms with van der Waals surface area (Å²) >= 11 is 0. The average molecular weight is 259 g/mol. The highest BCUT2D eigenvalue weighted by molar-refractivity contribution is 5.31. The van der Waals surface area contributed by atoms with E-state index in [1.165, 1.54) is 44.1 Å². The first kappa shape index (κ1) is 11.7. The Hall–Kier alpha value is -1.09. The van der Waals surface area contributed by atoms with Crippen LogP contribution < -0.4 is 11.4 Å². The molecular weight excluding hydrogens is 238 g/mol. The van der Waals surface area contributed by atoms with Crippen molar-refractivity contribution >= 4 is 0 Å². The molecule has 4 fully saturated rings. The molecule has 0 amide bonds. The largest absolute Gasteiger partial charge is 0.426 e. The molecule has 1 aromatic heterocycles. The van der Waals surface area contributed by atoms with E-state index in [1.807, 2.05) is 6.07 Å². The van der Waals surface area contributed by atoms with Crippen molar-refractivity contribution in [3.8, 4) is 0 Å². The normalized spacial score (nSPS) is 39.7. The molecule has 0 aliphatic heterocycles. The summed E-state index contributed by atoms with van der Waals surface area (Å²) in [6, 6.07) is 3.58. The number of rotatable bonds is 2. The molecule has 0 saturated heterocycles. The van der Waals surface area contributed by atoms with Crippen LogP contribution in [0.1, 0.15) is 49.8 Å². The van der Waals surface area contributed by atoms with Crippen molar-refractivity contribution in [2.24, 2.45) is 23.5 Å². The van der Waals surface area contributed by atoms with E-state index in [0.717, 1.165) is 23.5 Å². The second-order valence-corrected chi connectivity index (χ2v) is 6.99. The van der Waals surface area contributed by atoms with E-state index < -0.39 is 0 Å². The first-order chi connectivity index (χ1) is 9.18. The minimum atomic E-state index is -0.270. The van der Waals surface area contributed by atoms with Gasteiger partial charge in [0.05, 0.1) is 6.54 Å². The van der Waals surface area contributed by atoms with Gasteiger partial charge in [0.2, 0.25) is 0 Å². The molecule has 0 spiro atoms. The van der Waals surface area contributed by atoms with Crippen molar-refractivity contribution in [3.05, 3.63) is 33.9 Å².